The number of aromatic hydroxyl groups is 1. The third kappa shape index (κ3) is 5.55. The second-order valence-electron chi connectivity index (χ2n) is 6.68. The van der Waals surface area contributed by atoms with Crippen LogP contribution in [0.1, 0.15) is 16.9 Å². The molecular weight excluding hydrogens is 617 g/mol. The Hall–Kier alpha value is -2.04. The van der Waals surface area contributed by atoms with Crippen LogP contribution in [0.2, 0.25) is 10.0 Å². The number of carbonyl (C=O) groups excluding carboxylic acids is 1. The van der Waals surface area contributed by atoms with Crippen molar-refractivity contribution < 1.29 is 14.3 Å². The van der Waals surface area contributed by atoms with Gasteiger partial charge in [0.25, 0.3) is 5.91 Å². The lowest BCUT2D eigenvalue weighted by molar-refractivity contribution is -0.122. The Morgan fingerprint density at radius 3 is 2.73 bits per heavy atom. The van der Waals surface area contributed by atoms with Crippen molar-refractivity contribution in [3.05, 3.63) is 89.5 Å². The van der Waals surface area contributed by atoms with Gasteiger partial charge >= 0.3 is 0 Å². The summed E-state index contributed by atoms with van der Waals surface area (Å²) in [6.07, 6.45) is 4.61. The van der Waals surface area contributed by atoms with E-state index in [1.807, 2.05) is 0 Å². The third-order valence-electron chi connectivity index (χ3n) is 4.45. The van der Waals surface area contributed by atoms with E-state index in [2.05, 4.69) is 42.1 Å². The monoisotopic (exact) mass is 627 g/mol. The minimum atomic E-state index is -0.290. The number of hydrogen-bond donors (Lipinski definition) is 1. The van der Waals surface area contributed by atoms with Crippen molar-refractivity contribution in [3.63, 3.8) is 0 Å². The Kier molecular flexibility index (Phi) is 7.65. The average molecular weight is 630 g/mol. The number of amidine groups is 1. The summed E-state index contributed by atoms with van der Waals surface area (Å²) in [5.74, 6) is 0.324. The third-order valence-corrected chi connectivity index (χ3v) is 7.34. The molecule has 0 radical (unpaired) electrons. The Balaban J connectivity index is 1.68. The quantitative estimate of drug-likeness (QED) is 0.182. The van der Waals surface area contributed by atoms with Gasteiger partial charge in [-0.1, -0.05) is 51.3 Å². The van der Waals surface area contributed by atoms with Gasteiger partial charge in [0.2, 0.25) is 0 Å². The van der Waals surface area contributed by atoms with Crippen molar-refractivity contribution in [3.8, 4) is 5.75 Å². The van der Waals surface area contributed by atoms with Crippen LogP contribution >= 0.6 is 66.8 Å². The van der Waals surface area contributed by atoms with Gasteiger partial charge in [0, 0.05) is 15.6 Å². The molecule has 1 aliphatic heterocycles. The molecule has 0 atom stereocenters. The molecule has 1 N–H and O–H groups in total. The second-order valence-corrected chi connectivity index (χ2v) is 10.2. The molecule has 0 aliphatic carbocycles. The first kappa shape index (κ1) is 24.1. The van der Waals surface area contributed by atoms with E-state index in [0.29, 0.717) is 41.5 Å². The summed E-state index contributed by atoms with van der Waals surface area (Å²) < 4.78 is 6.65. The zero-order valence-corrected chi connectivity index (χ0v) is 22.0. The highest BCUT2D eigenvalue weighted by Crippen LogP contribution is 2.38. The summed E-state index contributed by atoms with van der Waals surface area (Å²) in [5, 5.41) is 19.9. The largest absolute Gasteiger partial charge is 0.506 e. The molecule has 168 valence electrons. The summed E-state index contributed by atoms with van der Waals surface area (Å²) >= 11 is 20.1. The van der Waals surface area contributed by atoms with Crippen molar-refractivity contribution in [2.45, 2.75) is 6.54 Å². The smallest absolute Gasteiger partial charge is 0.267 e. The fourth-order valence-corrected chi connectivity index (χ4v) is 5.42. The van der Waals surface area contributed by atoms with Crippen LogP contribution in [0.5, 0.6) is 5.75 Å². The lowest BCUT2D eigenvalue weighted by Crippen LogP contribution is -2.28. The molecule has 0 bridgehead atoms. The van der Waals surface area contributed by atoms with E-state index in [1.54, 1.807) is 48.5 Å². The SMILES string of the molecule is O=C1/C(=C/c2cc(Br)cc(Br)c2O)S/C(=N\N=C\c2cccc(Cl)c2Cl)N1Cc1ccco1. The second kappa shape index (κ2) is 10.5. The standard InChI is InChI=1S/C22H13Br2Cl2N3O3S/c23-14-7-13(20(30)16(24)9-14)8-18-21(31)29(11-15-4-2-6-32-15)22(33-18)28-27-10-12-3-1-5-17(25)19(12)26/h1-10,30H,11H2/b18-8-,27-10+,28-22-. The first-order chi connectivity index (χ1) is 15.8. The molecule has 1 aliphatic rings. The zero-order chi connectivity index (χ0) is 23.5. The number of hydrogen-bond acceptors (Lipinski definition) is 6. The molecule has 1 amide bonds. The number of furan rings is 1. The maximum absolute atomic E-state index is 13.2. The molecule has 33 heavy (non-hydrogen) atoms. The fraction of sp³-hybridized carbons (Fsp3) is 0.0455. The highest BCUT2D eigenvalue weighted by Gasteiger charge is 2.34. The Morgan fingerprint density at radius 1 is 1.15 bits per heavy atom. The summed E-state index contributed by atoms with van der Waals surface area (Å²) in [5.41, 5.74) is 1.07. The number of nitrogens with zero attached hydrogens (tertiary/aromatic N) is 3. The van der Waals surface area contributed by atoms with E-state index < -0.39 is 0 Å². The number of rotatable bonds is 5. The van der Waals surface area contributed by atoms with Crippen LogP contribution in [-0.4, -0.2) is 27.3 Å². The first-order valence-electron chi connectivity index (χ1n) is 9.30. The molecule has 6 nitrogen and oxygen atoms in total. The van der Waals surface area contributed by atoms with Gasteiger partial charge in [-0.25, -0.2) is 0 Å². The molecule has 3 aromatic rings. The van der Waals surface area contributed by atoms with Crippen LogP contribution in [0.25, 0.3) is 6.08 Å². The fourth-order valence-electron chi connectivity index (χ4n) is 2.88. The summed E-state index contributed by atoms with van der Waals surface area (Å²) in [6, 6.07) is 12.1. The van der Waals surface area contributed by atoms with Gasteiger partial charge < -0.3 is 9.52 Å². The predicted molar refractivity (Wildman–Crippen MR) is 140 cm³/mol. The van der Waals surface area contributed by atoms with Gasteiger partial charge in [-0.05, 0) is 64.1 Å². The van der Waals surface area contributed by atoms with Gasteiger partial charge in [0.1, 0.15) is 11.5 Å². The maximum atomic E-state index is 13.2. The van der Waals surface area contributed by atoms with Gasteiger partial charge in [-0.2, -0.15) is 5.10 Å². The van der Waals surface area contributed by atoms with E-state index >= 15 is 0 Å². The average Bonchev–Trinajstić information content (AvgIpc) is 3.39. The van der Waals surface area contributed by atoms with Crippen molar-refractivity contribution >= 4 is 90.2 Å². The van der Waals surface area contributed by atoms with Crippen LogP contribution in [0.15, 0.2) is 77.2 Å². The van der Waals surface area contributed by atoms with Gasteiger partial charge in [0.15, 0.2) is 5.17 Å². The van der Waals surface area contributed by atoms with Gasteiger partial charge in [0.05, 0.1) is 38.4 Å². The van der Waals surface area contributed by atoms with E-state index in [1.165, 1.54) is 17.4 Å². The summed E-state index contributed by atoms with van der Waals surface area (Å²) in [6.45, 7) is 0.177. The Morgan fingerprint density at radius 2 is 1.97 bits per heavy atom. The van der Waals surface area contributed by atoms with Crippen molar-refractivity contribution in [1.29, 1.82) is 0 Å². The number of halogens is 4. The minimum absolute atomic E-state index is 0.0238. The molecule has 4 rings (SSSR count). The number of carbonyl (C=O) groups is 1. The highest BCUT2D eigenvalue weighted by atomic mass is 79.9. The molecule has 11 heteroatoms. The molecule has 1 aromatic heterocycles. The number of benzene rings is 2. The molecule has 2 heterocycles. The Labute approximate surface area is 220 Å². The van der Waals surface area contributed by atoms with Crippen LogP contribution in [-0.2, 0) is 11.3 Å². The topological polar surface area (TPSA) is 78.4 Å². The van der Waals surface area contributed by atoms with Gasteiger partial charge in [-0.15, -0.1) is 5.10 Å². The van der Waals surface area contributed by atoms with E-state index in [-0.39, 0.29) is 18.2 Å². The number of phenolic OH excluding ortho intramolecular Hbond substituents is 1. The predicted octanol–water partition coefficient (Wildman–Crippen LogP) is 7.32. The lowest BCUT2D eigenvalue weighted by Gasteiger charge is -2.12. The molecule has 0 unspecified atom stereocenters. The molecule has 0 spiro atoms. The van der Waals surface area contributed by atoms with Crippen LogP contribution in [0.3, 0.4) is 0 Å². The number of thioether (sulfide) groups is 1. The lowest BCUT2D eigenvalue weighted by atomic mass is 10.2. The maximum Gasteiger partial charge on any atom is 0.267 e. The summed E-state index contributed by atoms with van der Waals surface area (Å²) in [4.78, 5) is 15.0. The first-order valence-corrected chi connectivity index (χ1v) is 12.5. The molecule has 0 saturated carbocycles. The van der Waals surface area contributed by atoms with Gasteiger partial charge in [-0.3, -0.25) is 9.69 Å². The van der Waals surface area contributed by atoms with E-state index in [4.69, 9.17) is 27.6 Å². The number of amides is 1. The minimum Gasteiger partial charge on any atom is -0.506 e. The Bertz CT molecular complexity index is 1310. The van der Waals surface area contributed by atoms with Crippen LogP contribution in [0, 0.1) is 0 Å². The highest BCUT2D eigenvalue weighted by molar-refractivity contribution is 9.11. The molecular formula is C22H13Br2Cl2N3O3S. The normalized spacial score (nSPS) is 16.6. The van der Waals surface area contributed by atoms with Crippen molar-refractivity contribution in [1.82, 2.24) is 4.90 Å². The zero-order valence-electron chi connectivity index (χ0n) is 16.5. The van der Waals surface area contributed by atoms with E-state index in [0.717, 1.165) is 16.2 Å². The molecule has 1 fully saturated rings. The van der Waals surface area contributed by atoms with Crippen LogP contribution in [0.4, 0.5) is 0 Å². The molecule has 2 aromatic carbocycles. The number of phenols is 1. The van der Waals surface area contributed by atoms with E-state index in [9.17, 15) is 9.90 Å². The summed E-state index contributed by atoms with van der Waals surface area (Å²) in [7, 11) is 0. The van der Waals surface area contributed by atoms with Crippen molar-refractivity contribution in [2.75, 3.05) is 0 Å². The van der Waals surface area contributed by atoms with Crippen molar-refractivity contribution in [2.24, 2.45) is 10.2 Å². The van der Waals surface area contributed by atoms with Crippen LogP contribution < -0.4 is 0 Å². The molecule has 1 saturated heterocycles.